The van der Waals surface area contributed by atoms with Crippen molar-refractivity contribution in [3.8, 4) is 0 Å². The van der Waals surface area contributed by atoms with E-state index in [1.165, 1.54) is 0 Å². The number of rotatable bonds is 2. The molecular formula is C12H13ClO4. The van der Waals surface area contributed by atoms with Gasteiger partial charge in [-0.15, -0.1) is 0 Å². The third-order valence-electron chi connectivity index (χ3n) is 2.82. The van der Waals surface area contributed by atoms with Crippen molar-refractivity contribution in [3.63, 3.8) is 0 Å². The van der Waals surface area contributed by atoms with Gasteiger partial charge in [0.1, 0.15) is 6.42 Å². The fraction of sp³-hybridized carbons (Fsp3) is 0.417. The van der Waals surface area contributed by atoms with E-state index in [-0.39, 0.29) is 6.10 Å². The number of carboxylic acid groups (broad SMARTS) is 1. The van der Waals surface area contributed by atoms with E-state index in [0.717, 1.165) is 5.56 Å². The van der Waals surface area contributed by atoms with Crippen molar-refractivity contribution in [2.75, 3.05) is 0 Å². The zero-order chi connectivity index (χ0) is 12.6. The highest BCUT2D eigenvalue weighted by Crippen LogP contribution is 2.39. The molecule has 1 aliphatic rings. The zero-order valence-corrected chi connectivity index (χ0v) is 10.1. The number of hydrogen-bond acceptors (Lipinski definition) is 3. The highest BCUT2D eigenvalue weighted by atomic mass is 35.5. The fourth-order valence-corrected chi connectivity index (χ4v) is 2.45. The minimum atomic E-state index is -1.79. The molecule has 2 atom stereocenters. The van der Waals surface area contributed by atoms with Gasteiger partial charge in [-0.05, 0) is 18.6 Å². The van der Waals surface area contributed by atoms with Crippen LogP contribution in [0.25, 0.3) is 0 Å². The first-order chi connectivity index (χ1) is 7.92. The summed E-state index contributed by atoms with van der Waals surface area (Å²) in [6.07, 6.45) is -0.200. The van der Waals surface area contributed by atoms with Gasteiger partial charge in [-0.3, -0.25) is 4.79 Å². The average molecular weight is 257 g/mol. The molecule has 92 valence electrons. The maximum Gasteiger partial charge on any atom is 0.309 e. The molecule has 1 heterocycles. The molecule has 0 radical (unpaired) electrons. The largest absolute Gasteiger partial charge is 0.481 e. The summed E-state index contributed by atoms with van der Waals surface area (Å²) >= 11 is 6.06. The Hall–Kier alpha value is -1.10. The van der Waals surface area contributed by atoms with Crippen molar-refractivity contribution in [3.05, 3.63) is 34.3 Å². The smallest absolute Gasteiger partial charge is 0.309 e. The quantitative estimate of drug-likeness (QED) is 0.848. The molecule has 0 spiro atoms. The van der Waals surface area contributed by atoms with Crippen LogP contribution < -0.4 is 0 Å². The van der Waals surface area contributed by atoms with E-state index in [9.17, 15) is 9.90 Å². The number of carboxylic acids is 1. The standard InChI is InChI=1S/C12H13ClO4/c1-7-5-8-9(3-2-4-10(8)13)12(16,17-7)6-11(14)15/h2-4,7,16H,5-6H2,1H3,(H,14,15)/t7-,12?/m1/s1. The molecule has 0 saturated heterocycles. The molecule has 0 fully saturated rings. The van der Waals surface area contributed by atoms with Crippen LogP contribution in [0.1, 0.15) is 24.5 Å². The topological polar surface area (TPSA) is 66.8 Å². The Morgan fingerprint density at radius 2 is 2.35 bits per heavy atom. The van der Waals surface area contributed by atoms with Crippen LogP contribution in [0, 0.1) is 0 Å². The van der Waals surface area contributed by atoms with E-state index in [1.54, 1.807) is 25.1 Å². The minimum absolute atomic E-state index is 0.272. The van der Waals surface area contributed by atoms with Crippen molar-refractivity contribution in [1.82, 2.24) is 0 Å². The van der Waals surface area contributed by atoms with Crippen LogP contribution in [0.2, 0.25) is 5.02 Å². The van der Waals surface area contributed by atoms with Crippen LogP contribution in [0.4, 0.5) is 0 Å². The Morgan fingerprint density at radius 3 is 3.00 bits per heavy atom. The molecule has 0 aromatic heterocycles. The summed E-state index contributed by atoms with van der Waals surface area (Å²) in [5.41, 5.74) is 1.21. The number of halogens is 1. The number of fused-ring (bicyclic) bond motifs is 1. The number of ether oxygens (including phenoxy) is 1. The van der Waals surface area contributed by atoms with E-state index >= 15 is 0 Å². The van der Waals surface area contributed by atoms with Gasteiger partial charge in [-0.2, -0.15) is 0 Å². The van der Waals surface area contributed by atoms with Gasteiger partial charge in [0.25, 0.3) is 0 Å². The van der Waals surface area contributed by atoms with Gasteiger partial charge in [-0.25, -0.2) is 0 Å². The molecule has 1 aromatic rings. The van der Waals surface area contributed by atoms with Crippen LogP contribution in [-0.2, 0) is 21.7 Å². The maximum absolute atomic E-state index is 10.8. The number of carbonyl (C=O) groups is 1. The first-order valence-corrected chi connectivity index (χ1v) is 5.70. The Balaban J connectivity index is 2.51. The second-order valence-electron chi connectivity index (χ2n) is 4.25. The third kappa shape index (κ3) is 2.29. The number of aliphatic carboxylic acids is 1. The lowest BCUT2D eigenvalue weighted by Crippen LogP contribution is -2.41. The van der Waals surface area contributed by atoms with Crippen molar-refractivity contribution >= 4 is 17.6 Å². The van der Waals surface area contributed by atoms with Gasteiger partial charge in [-0.1, -0.05) is 23.7 Å². The number of hydrogen-bond donors (Lipinski definition) is 2. The average Bonchev–Trinajstić information content (AvgIpc) is 2.18. The summed E-state index contributed by atoms with van der Waals surface area (Å²) in [6, 6.07) is 5.04. The Bertz CT molecular complexity index is 460. The second kappa shape index (κ2) is 4.29. The van der Waals surface area contributed by atoms with E-state index in [2.05, 4.69) is 0 Å². The molecule has 5 heteroatoms. The van der Waals surface area contributed by atoms with E-state index in [0.29, 0.717) is 17.0 Å². The molecule has 2 rings (SSSR count). The van der Waals surface area contributed by atoms with E-state index in [4.69, 9.17) is 21.4 Å². The highest BCUT2D eigenvalue weighted by molar-refractivity contribution is 6.31. The van der Waals surface area contributed by atoms with Gasteiger partial charge in [0.05, 0.1) is 6.10 Å². The van der Waals surface area contributed by atoms with E-state index < -0.39 is 18.2 Å². The Labute approximate surface area is 104 Å². The van der Waals surface area contributed by atoms with Gasteiger partial charge < -0.3 is 14.9 Å². The van der Waals surface area contributed by atoms with Crippen LogP contribution in [-0.4, -0.2) is 22.3 Å². The molecule has 0 amide bonds. The van der Waals surface area contributed by atoms with Crippen LogP contribution in [0.5, 0.6) is 0 Å². The monoisotopic (exact) mass is 256 g/mol. The lowest BCUT2D eigenvalue weighted by atomic mass is 9.90. The summed E-state index contributed by atoms with van der Waals surface area (Å²) in [5, 5.41) is 19.7. The summed E-state index contributed by atoms with van der Waals surface area (Å²) < 4.78 is 5.38. The predicted octanol–water partition coefficient (Wildman–Crippen LogP) is 1.92. The SMILES string of the molecule is C[C@@H]1Cc2c(Cl)cccc2C(O)(CC(=O)O)O1. The van der Waals surface area contributed by atoms with Gasteiger partial charge in [0, 0.05) is 17.0 Å². The molecule has 1 unspecified atom stereocenters. The summed E-state index contributed by atoms with van der Waals surface area (Å²) in [4.78, 5) is 10.8. The molecule has 0 saturated carbocycles. The van der Waals surface area contributed by atoms with Gasteiger partial charge in [0.2, 0.25) is 5.79 Å². The third-order valence-corrected chi connectivity index (χ3v) is 3.17. The van der Waals surface area contributed by atoms with Crippen LogP contribution in [0.15, 0.2) is 18.2 Å². The summed E-state index contributed by atoms with van der Waals surface area (Å²) in [5.74, 6) is -2.91. The first-order valence-electron chi connectivity index (χ1n) is 5.32. The molecule has 17 heavy (non-hydrogen) atoms. The normalized spacial score (nSPS) is 27.6. The zero-order valence-electron chi connectivity index (χ0n) is 9.31. The van der Waals surface area contributed by atoms with E-state index in [1.807, 2.05) is 0 Å². The molecule has 1 aliphatic heterocycles. The maximum atomic E-state index is 10.8. The van der Waals surface area contributed by atoms with Crippen molar-refractivity contribution in [1.29, 1.82) is 0 Å². The molecule has 2 N–H and O–H groups in total. The van der Waals surface area contributed by atoms with Crippen molar-refractivity contribution < 1.29 is 19.7 Å². The van der Waals surface area contributed by atoms with Crippen molar-refractivity contribution in [2.45, 2.75) is 31.7 Å². The molecule has 0 bridgehead atoms. The molecule has 4 nitrogen and oxygen atoms in total. The minimum Gasteiger partial charge on any atom is -0.481 e. The molecule has 1 aromatic carbocycles. The Morgan fingerprint density at radius 1 is 1.65 bits per heavy atom. The molecule has 0 aliphatic carbocycles. The second-order valence-corrected chi connectivity index (χ2v) is 4.66. The van der Waals surface area contributed by atoms with Crippen LogP contribution in [0.3, 0.4) is 0 Å². The lowest BCUT2D eigenvalue weighted by molar-refractivity contribution is -0.247. The Kier molecular flexibility index (Phi) is 3.12. The first kappa shape index (κ1) is 12.4. The summed E-state index contributed by atoms with van der Waals surface area (Å²) in [7, 11) is 0. The van der Waals surface area contributed by atoms with Crippen molar-refractivity contribution in [2.24, 2.45) is 0 Å². The summed E-state index contributed by atoms with van der Waals surface area (Å²) in [6.45, 7) is 1.78. The van der Waals surface area contributed by atoms with Crippen LogP contribution >= 0.6 is 11.6 Å². The van der Waals surface area contributed by atoms with Gasteiger partial charge >= 0.3 is 5.97 Å². The fourth-order valence-electron chi connectivity index (χ4n) is 2.20. The highest BCUT2D eigenvalue weighted by Gasteiger charge is 2.41. The number of benzene rings is 1. The number of aliphatic hydroxyl groups is 1. The van der Waals surface area contributed by atoms with Gasteiger partial charge in [0.15, 0.2) is 0 Å². The lowest BCUT2D eigenvalue weighted by Gasteiger charge is -2.37. The predicted molar refractivity (Wildman–Crippen MR) is 61.9 cm³/mol. The molecular weight excluding hydrogens is 244 g/mol.